The van der Waals surface area contributed by atoms with Gasteiger partial charge in [-0.25, -0.2) is 12.8 Å². The van der Waals surface area contributed by atoms with E-state index >= 15 is 0 Å². The molecule has 0 radical (unpaired) electrons. The minimum Gasteiger partial charge on any atom is -0.355 e. The average molecular weight is 498 g/mol. The molecule has 0 bridgehead atoms. The summed E-state index contributed by atoms with van der Waals surface area (Å²) in [6, 6.07) is 9.56. The number of halogens is 2. The summed E-state index contributed by atoms with van der Waals surface area (Å²) >= 11 is 6.18. The molecular formula is C23H29ClFN3O4S. The van der Waals surface area contributed by atoms with Crippen molar-refractivity contribution in [1.82, 2.24) is 10.2 Å². The molecule has 2 aromatic carbocycles. The first kappa shape index (κ1) is 26.6. The molecule has 0 saturated carbocycles. The quantitative estimate of drug-likeness (QED) is 0.544. The standard InChI is InChI=1S/C23H29ClFN3O4S/c1-5-20(23(30)26-6-2)27(14-17-10-12-18(25)13-11-17)22(29)15-28(33(4,31)32)21-9-7-8-19(24)16(21)3/h7-13,20H,5-6,14-15H2,1-4H3,(H,26,30)/t20-/m0/s1. The number of carbonyl (C=O) groups is 2. The maximum atomic E-state index is 13.5. The topological polar surface area (TPSA) is 86.8 Å². The lowest BCUT2D eigenvalue weighted by molar-refractivity contribution is -0.140. The van der Waals surface area contributed by atoms with Gasteiger partial charge in [-0.3, -0.25) is 13.9 Å². The number of sulfonamides is 1. The number of benzene rings is 2. The van der Waals surface area contributed by atoms with Crippen LogP contribution in [0, 0.1) is 12.7 Å². The summed E-state index contributed by atoms with van der Waals surface area (Å²) in [5.41, 5.74) is 1.40. The van der Waals surface area contributed by atoms with E-state index in [-0.39, 0.29) is 18.1 Å². The summed E-state index contributed by atoms with van der Waals surface area (Å²) in [5, 5.41) is 3.08. The summed E-state index contributed by atoms with van der Waals surface area (Å²) in [6.07, 6.45) is 1.32. The molecule has 33 heavy (non-hydrogen) atoms. The molecule has 180 valence electrons. The fraction of sp³-hybridized carbons (Fsp3) is 0.391. The molecule has 0 saturated heterocycles. The molecule has 1 atom stereocenters. The number of hydrogen-bond donors (Lipinski definition) is 1. The van der Waals surface area contributed by atoms with Gasteiger partial charge < -0.3 is 10.2 Å². The molecule has 0 heterocycles. The van der Waals surface area contributed by atoms with Crippen molar-refractivity contribution in [2.45, 2.75) is 39.8 Å². The van der Waals surface area contributed by atoms with Crippen LogP contribution in [0.3, 0.4) is 0 Å². The average Bonchev–Trinajstić information content (AvgIpc) is 2.75. The van der Waals surface area contributed by atoms with E-state index in [1.165, 1.54) is 29.2 Å². The third-order valence-corrected chi connectivity index (χ3v) is 6.73. The second kappa shape index (κ2) is 11.5. The first-order valence-electron chi connectivity index (χ1n) is 10.5. The van der Waals surface area contributed by atoms with Gasteiger partial charge in [-0.2, -0.15) is 0 Å². The number of carbonyl (C=O) groups excluding carboxylic acids is 2. The van der Waals surface area contributed by atoms with Crippen LogP contribution in [0.25, 0.3) is 0 Å². The maximum absolute atomic E-state index is 13.5. The highest BCUT2D eigenvalue weighted by Crippen LogP contribution is 2.28. The Kier molecular flexibility index (Phi) is 9.25. The van der Waals surface area contributed by atoms with Crippen molar-refractivity contribution in [1.29, 1.82) is 0 Å². The maximum Gasteiger partial charge on any atom is 0.244 e. The summed E-state index contributed by atoms with van der Waals surface area (Å²) < 4.78 is 39.6. The van der Waals surface area contributed by atoms with E-state index < -0.39 is 34.3 Å². The van der Waals surface area contributed by atoms with E-state index in [0.29, 0.717) is 29.1 Å². The Labute approximate surface area is 199 Å². The Balaban J connectivity index is 2.47. The van der Waals surface area contributed by atoms with Gasteiger partial charge in [-0.1, -0.05) is 36.7 Å². The molecule has 0 aliphatic heterocycles. The van der Waals surface area contributed by atoms with E-state index in [1.54, 1.807) is 39.0 Å². The smallest absolute Gasteiger partial charge is 0.244 e. The Bertz CT molecular complexity index is 1090. The SMILES string of the molecule is CCNC(=O)[C@H](CC)N(Cc1ccc(F)cc1)C(=O)CN(c1cccc(Cl)c1C)S(C)(=O)=O. The van der Waals surface area contributed by atoms with Crippen LogP contribution >= 0.6 is 11.6 Å². The lowest BCUT2D eigenvalue weighted by Crippen LogP contribution is -2.52. The predicted molar refractivity (Wildman–Crippen MR) is 128 cm³/mol. The van der Waals surface area contributed by atoms with E-state index in [1.807, 2.05) is 0 Å². The zero-order chi connectivity index (χ0) is 24.8. The molecule has 0 spiro atoms. The highest BCUT2D eigenvalue weighted by molar-refractivity contribution is 7.92. The number of rotatable bonds is 10. The van der Waals surface area contributed by atoms with Crippen molar-refractivity contribution in [2.75, 3.05) is 23.7 Å². The first-order valence-corrected chi connectivity index (χ1v) is 12.8. The summed E-state index contributed by atoms with van der Waals surface area (Å²) in [5.74, 6) is -1.34. The number of anilines is 1. The molecule has 10 heteroatoms. The first-order chi connectivity index (χ1) is 15.5. The third-order valence-electron chi connectivity index (χ3n) is 5.19. The van der Waals surface area contributed by atoms with Gasteiger partial charge in [0.05, 0.1) is 11.9 Å². The van der Waals surface area contributed by atoms with Gasteiger partial charge in [0.15, 0.2) is 0 Å². The van der Waals surface area contributed by atoms with Crippen LogP contribution in [-0.4, -0.2) is 50.5 Å². The third kappa shape index (κ3) is 6.91. The molecule has 2 amide bonds. The van der Waals surface area contributed by atoms with Gasteiger partial charge in [0.2, 0.25) is 21.8 Å². The largest absolute Gasteiger partial charge is 0.355 e. The van der Waals surface area contributed by atoms with Crippen LogP contribution < -0.4 is 9.62 Å². The van der Waals surface area contributed by atoms with Gasteiger partial charge in [-0.05, 0) is 55.7 Å². The number of likely N-dealkylation sites (N-methyl/N-ethyl adjacent to an activating group) is 1. The lowest BCUT2D eigenvalue weighted by atomic mass is 10.1. The molecule has 0 fully saturated rings. The van der Waals surface area contributed by atoms with E-state index in [4.69, 9.17) is 11.6 Å². The van der Waals surface area contributed by atoms with Crippen molar-refractivity contribution in [3.8, 4) is 0 Å². The molecule has 2 rings (SSSR count). The molecule has 2 aromatic rings. The summed E-state index contributed by atoms with van der Waals surface area (Å²) in [6.45, 7) is 5.08. The van der Waals surface area contributed by atoms with E-state index in [9.17, 15) is 22.4 Å². The molecule has 0 aliphatic carbocycles. The van der Waals surface area contributed by atoms with Crippen molar-refractivity contribution in [2.24, 2.45) is 0 Å². The minimum atomic E-state index is -3.85. The fourth-order valence-corrected chi connectivity index (χ4v) is 4.53. The van der Waals surface area contributed by atoms with Crippen molar-refractivity contribution in [3.63, 3.8) is 0 Å². The van der Waals surface area contributed by atoms with Gasteiger partial charge in [0.1, 0.15) is 18.4 Å². The second-order valence-electron chi connectivity index (χ2n) is 7.62. The molecule has 1 N–H and O–H groups in total. The van der Waals surface area contributed by atoms with Crippen LogP contribution in [0.2, 0.25) is 5.02 Å². The number of nitrogens with zero attached hydrogens (tertiary/aromatic N) is 2. The van der Waals surface area contributed by atoms with Crippen LogP contribution in [-0.2, 0) is 26.2 Å². The Morgan fingerprint density at radius 2 is 1.76 bits per heavy atom. The second-order valence-corrected chi connectivity index (χ2v) is 9.93. The van der Waals surface area contributed by atoms with Crippen molar-refractivity contribution in [3.05, 3.63) is 64.4 Å². The van der Waals surface area contributed by atoms with Gasteiger partial charge >= 0.3 is 0 Å². The zero-order valence-corrected chi connectivity index (χ0v) is 20.7. The fourth-order valence-electron chi connectivity index (χ4n) is 3.46. The number of nitrogens with one attached hydrogen (secondary N) is 1. The minimum absolute atomic E-state index is 0.0148. The van der Waals surface area contributed by atoms with Gasteiger partial charge in [0, 0.05) is 18.1 Å². The molecule has 0 aromatic heterocycles. The van der Waals surface area contributed by atoms with Crippen molar-refractivity contribution < 1.29 is 22.4 Å². The molecular weight excluding hydrogens is 469 g/mol. The summed E-state index contributed by atoms with van der Waals surface area (Å²) in [4.78, 5) is 27.5. The van der Waals surface area contributed by atoms with Gasteiger partial charge in [-0.15, -0.1) is 0 Å². The van der Waals surface area contributed by atoms with Gasteiger partial charge in [0.25, 0.3) is 0 Å². The Morgan fingerprint density at radius 3 is 2.30 bits per heavy atom. The van der Waals surface area contributed by atoms with Crippen LogP contribution in [0.4, 0.5) is 10.1 Å². The molecule has 0 aliphatic rings. The van der Waals surface area contributed by atoms with Crippen LogP contribution in [0.1, 0.15) is 31.4 Å². The van der Waals surface area contributed by atoms with E-state index in [0.717, 1.165) is 10.6 Å². The summed E-state index contributed by atoms with van der Waals surface area (Å²) in [7, 11) is -3.85. The normalized spacial score (nSPS) is 12.2. The highest BCUT2D eigenvalue weighted by Gasteiger charge is 2.32. The van der Waals surface area contributed by atoms with Crippen LogP contribution in [0.15, 0.2) is 42.5 Å². The highest BCUT2D eigenvalue weighted by atomic mass is 35.5. The van der Waals surface area contributed by atoms with Crippen molar-refractivity contribution >= 4 is 39.1 Å². The predicted octanol–water partition coefficient (Wildman–Crippen LogP) is 3.50. The van der Waals surface area contributed by atoms with Crippen LogP contribution in [0.5, 0.6) is 0 Å². The Hall–Kier alpha value is -2.65. The van der Waals surface area contributed by atoms with E-state index in [2.05, 4.69) is 5.32 Å². The number of hydrogen-bond acceptors (Lipinski definition) is 4. The zero-order valence-electron chi connectivity index (χ0n) is 19.1. The number of amides is 2. The monoisotopic (exact) mass is 497 g/mol. The molecule has 0 unspecified atom stereocenters. The lowest BCUT2D eigenvalue weighted by Gasteiger charge is -2.33. The Morgan fingerprint density at radius 1 is 1.12 bits per heavy atom. The molecule has 7 nitrogen and oxygen atoms in total.